The normalized spacial score (nSPS) is 12.5. The predicted molar refractivity (Wildman–Crippen MR) is 76.6 cm³/mol. The Labute approximate surface area is 114 Å². The molecule has 102 valence electrons. The number of hydrogen-bond donors (Lipinski definition) is 1. The average molecular weight is 259 g/mol. The van der Waals surface area contributed by atoms with E-state index in [0.29, 0.717) is 0 Å². The van der Waals surface area contributed by atoms with Gasteiger partial charge in [-0.1, -0.05) is 6.07 Å². The van der Waals surface area contributed by atoms with Gasteiger partial charge in [0.05, 0.1) is 31.4 Å². The lowest BCUT2D eigenvalue weighted by Gasteiger charge is -2.22. The minimum absolute atomic E-state index is 0.0723. The monoisotopic (exact) mass is 259 g/mol. The number of hydrogen-bond acceptors (Lipinski definition) is 3. The number of aromatic nitrogens is 2. The first kappa shape index (κ1) is 13.6. The fourth-order valence-corrected chi connectivity index (χ4v) is 2.56. The number of ether oxygens (including phenoxy) is 1. The van der Waals surface area contributed by atoms with Gasteiger partial charge in [-0.05, 0) is 38.1 Å². The summed E-state index contributed by atoms with van der Waals surface area (Å²) < 4.78 is 7.59. The summed E-state index contributed by atoms with van der Waals surface area (Å²) in [6.45, 7) is 4.20. The van der Waals surface area contributed by atoms with Crippen LogP contribution < -0.4 is 10.1 Å². The Bertz CT molecular complexity index is 575. The van der Waals surface area contributed by atoms with Gasteiger partial charge in [0.2, 0.25) is 0 Å². The van der Waals surface area contributed by atoms with Crippen molar-refractivity contribution in [2.75, 3.05) is 14.2 Å². The Morgan fingerprint density at radius 2 is 2.05 bits per heavy atom. The lowest BCUT2D eigenvalue weighted by Crippen LogP contribution is -2.22. The van der Waals surface area contributed by atoms with Gasteiger partial charge >= 0.3 is 0 Å². The molecule has 0 aliphatic heterocycles. The van der Waals surface area contributed by atoms with Gasteiger partial charge in [0.25, 0.3) is 0 Å². The molecule has 0 aliphatic rings. The summed E-state index contributed by atoms with van der Waals surface area (Å²) in [4.78, 5) is 4.20. The zero-order valence-corrected chi connectivity index (χ0v) is 12.2. The average Bonchev–Trinajstić information content (AvgIpc) is 2.78. The first-order valence-electron chi connectivity index (χ1n) is 6.37. The van der Waals surface area contributed by atoms with E-state index in [1.165, 1.54) is 16.7 Å². The smallest absolute Gasteiger partial charge is 0.124 e. The fourth-order valence-electron chi connectivity index (χ4n) is 2.56. The van der Waals surface area contributed by atoms with Gasteiger partial charge in [0.1, 0.15) is 5.75 Å². The molecule has 1 heterocycles. The molecule has 2 aromatic rings. The molecule has 0 aliphatic carbocycles. The van der Waals surface area contributed by atoms with E-state index in [4.69, 9.17) is 4.74 Å². The maximum Gasteiger partial charge on any atom is 0.124 e. The molecule has 0 bridgehead atoms. The molecule has 1 aromatic carbocycles. The van der Waals surface area contributed by atoms with Crippen molar-refractivity contribution in [2.24, 2.45) is 7.05 Å². The first-order valence-corrected chi connectivity index (χ1v) is 6.37. The van der Waals surface area contributed by atoms with Crippen molar-refractivity contribution in [1.82, 2.24) is 14.9 Å². The van der Waals surface area contributed by atoms with E-state index in [9.17, 15) is 0 Å². The fraction of sp³-hybridized carbons (Fsp3) is 0.400. The Morgan fingerprint density at radius 3 is 2.58 bits per heavy atom. The summed E-state index contributed by atoms with van der Waals surface area (Å²) in [5.41, 5.74) is 4.71. The van der Waals surface area contributed by atoms with Crippen molar-refractivity contribution in [3.05, 3.63) is 47.0 Å². The van der Waals surface area contributed by atoms with E-state index in [2.05, 4.69) is 36.3 Å². The highest BCUT2D eigenvalue weighted by molar-refractivity contribution is 5.47. The van der Waals surface area contributed by atoms with Crippen LogP contribution in [0.1, 0.15) is 28.4 Å². The van der Waals surface area contributed by atoms with Crippen LogP contribution in [0.5, 0.6) is 5.75 Å². The molecule has 0 saturated carbocycles. The third kappa shape index (κ3) is 2.49. The largest absolute Gasteiger partial charge is 0.496 e. The van der Waals surface area contributed by atoms with Gasteiger partial charge in [-0.25, -0.2) is 4.98 Å². The molecule has 0 saturated heterocycles. The summed E-state index contributed by atoms with van der Waals surface area (Å²) in [6, 6.07) is 4.32. The quantitative estimate of drug-likeness (QED) is 0.916. The summed E-state index contributed by atoms with van der Waals surface area (Å²) in [6.07, 6.45) is 3.70. The van der Waals surface area contributed by atoms with Crippen molar-refractivity contribution >= 4 is 0 Å². The standard InChI is InChI=1S/C15H21N3O/c1-10-6-11(2)14(13(7-10)19-5)15(16-3)12-8-17-9-18(12)4/h6-9,15-16H,1-5H3. The zero-order chi connectivity index (χ0) is 14.0. The van der Waals surface area contributed by atoms with Crippen LogP contribution >= 0.6 is 0 Å². The third-order valence-corrected chi connectivity index (χ3v) is 3.44. The minimum Gasteiger partial charge on any atom is -0.496 e. The summed E-state index contributed by atoms with van der Waals surface area (Å²) in [5.74, 6) is 0.915. The number of nitrogens with zero attached hydrogens (tertiary/aromatic N) is 2. The Hall–Kier alpha value is -1.81. The Kier molecular flexibility index (Phi) is 3.90. The number of benzene rings is 1. The van der Waals surface area contributed by atoms with Crippen molar-refractivity contribution in [1.29, 1.82) is 0 Å². The number of nitrogens with one attached hydrogen (secondary N) is 1. The van der Waals surface area contributed by atoms with Crippen molar-refractivity contribution < 1.29 is 4.74 Å². The Balaban J connectivity index is 2.59. The van der Waals surface area contributed by atoms with Gasteiger partial charge in [-0.3, -0.25) is 0 Å². The van der Waals surface area contributed by atoms with Crippen LogP contribution in [0.15, 0.2) is 24.7 Å². The maximum absolute atomic E-state index is 5.56. The number of aryl methyl sites for hydroxylation is 3. The number of methoxy groups -OCH3 is 1. The third-order valence-electron chi connectivity index (χ3n) is 3.44. The van der Waals surface area contributed by atoms with E-state index in [-0.39, 0.29) is 6.04 Å². The van der Waals surface area contributed by atoms with Crippen LogP contribution in [-0.4, -0.2) is 23.7 Å². The second-order valence-corrected chi connectivity index (χ2v) is 4.85. The van der Waals surface area contributed by atoms with Crippen LogP contribution in [0, 0.1) is 13.8 Å². The predicted octanol–water partition coefficient (Wildman–Crippen LogP) is 2.35. The van der Waals surface area contributed by atoms with Crippen LogP contribution in [-0.2, 0) is 7.05 Å². The van der Waals surface area contributed by atoms with E-state index >= 15 is 0 Å². The number of rotatable bonds is 4. The van der Waals surface area contributed by atoms with Crippen LogP contribution in [0.25, 0.3) is 0 Å². The molecule has 0 amide bonds. The highest BCUT2D eigenvalue weighted by Crippen LogP contribution is 2.33. The van der Waals surface area contributed by atoms with Gasteiger partial charge in [-0.15, -0.1) is 0 Å². The molecule has 0 spiro atoms. The molecular weight excluding hydrogens is 238 g/mol. The molecule has 1 atom stereocenters. The number of imidazole rings is 1. The van der Waals surface area contributed by atoms with Gasteiger partial charge in [0, 0.05) is 12.6 Å². The van der Waals surface area contributed by atoms with Crippen LogP contribution in [0.3, 0.4) is 0 Å². The summed E-state index contributed by atoms with van der Waals surface area (Å²) in [7, 11) is 5.67. The van der Waals surface area contributed by atoms with Crippen molar-refractivity contribution in [2.45, 2.75) is 19.9 Å². The van der Waals surface area contributed by atoms with Crippen molar-refractivity contribution in [3.8, 4) is 5.75 Å². The Morgan fingerprint density at radius 1 is 1.32 bits per heavy atom. The second kappa shape index (κ2) is 5.45. The molecule has 1 N–H and O–H groups in total. The van der Waals surface area contributed by atoms with Gasteiger partial charge in [-0.2, -0.15) is 0 Å². The lowest BCUT2D eigenvalue weighted by molar-refractivity contribution is 0.403. The molecular formula is C15H21N3O. The van der Waals surface area contributed by atoms with Gasteiger partial charge < -0.3 is 14.6 Å². The molecule has 2 rings (SSSR count). The molecule has 4 heteroatoms. The highest BCUT2D eigenvalue weighted by atomic mass is 16.5. The van der Waals surface area contributed by atoms with E-state index in [1.54, 1.807) is 7.11 Å². The maximum atomic E-state index is 5.56. The molecule has 0 radical (unpaired) electrons. The van der Waals surface area contributed by atoms with E-state index < -0.39 is 0 Å². The SMILES string of the molecule is CNC(c1c(C)cc(C)cc1OC)c1cncn1C. The van der Waals surface area contributed by atoms with Crippen LogP contribution in [0.4, 0.5) is 0 Å². The first-order chi connectivity index (χ1) is 9.08. The highest BCUT2D eigenvalue weighted by Gasteiger charge is 2.21. The van der Waals surface area contributed by atoms with E-state index in [1.807, 2.05) is 31.2 Å². The van der Waals surface area contributed by atoms with Crippen molar-refractivity contribution in [3.63, 3.8) is 0 Å². The minimum atomic E-state index is 0.0723. The molecule has 1 unspecified atom stereocenters. The summed E-state index contributed by atoms with van der Waals surface area (Å²) >= 11 is 0. The zero-order valence-electron chi connectivity index (χ0n) is 12.2. The van der Waals surface area contributed by atoms with Gasteiger partial charge in [0.15, 0.2) is 0 Å². The molecule has 4 nitrogen and oxygen atoms in total. The van der Waals surface area contributed by atoms with E-state index in [0.717, 1.165) is 11.4 Å². The molecule has 0 fully saturated rings. The molecule has 1 aromatic heterocycles. The topological polar surface area (TPSA) is 39.1 Å². The van der Waals surface area contributed by atoms with Crippen LogP contribution in [0.2, 0.25) is 0 Å². The second-order valence-electron chi connectivity index (χ2n) is 4.85. The summed E-state index contributed by atoms with van der Waals surface area (Å²) in [5, 5.41) is 3.36. The molecule has 19 heavy (non-hydrogen) atoms. The lowest BCUT2D eigenvalue weighted by atomic mass is 9.96.